The number of rotatable bonds is 10. The summed E-state index contributed by atoms with van der Waals surface area (Å²) < 4.78 is 23.2. The van der Waals surface area contributed by atoms with Crippen LogP contribution in [0.3, 0.4) is 0 Å². The van der Waals surface area contributed by atoms with Crippen LogP contribution < -0.4 is 4.90 Å². The lowest BCUT2D eigenvalue weighted by Gasteiger charge is -2.24. The van der Waals surface area contributed by atoms with E-state index < -0.39 is 17.4 Å². The van der Waals surface area contributed by atoms with Crippen molar-refractivity contribution in [1.82, 2.24) is 0 Å². The number of benzene rings is 2. The molecule has 0 radical (unpaired) electrons. The maximum absolute atomic E-state index is 13.0. The van der Waals surface area contributed by atoms with Crippen molar-refractivity contribution in [2.24, 2.45) is 0 Å². The van der Waals surface area contributed by atoms with E-state index in [4.69, 9.17) is 9.47 Å². The molecule has 2 aromatic rings. The van der Waals surface area contributed by atoms with Gasteiger partial charge in [-0.2, -0.15) is 0 Å². The first kappa shape index (κ1) is 19.8. The van der Waals surface area contributed by atoms with Gasteiger partial charge in [-0.05, 0) is 48.5 Å². The van der Waals surface area contributed by atoms with Gasteiger partial charge in [-0.3, -0.25) is 9.59 Å². The minimum Gasteiger partial charge on any atom is -0.383 e. The van der Waals surface area contributed by atoms with E-state index in [2.05, 4.69) is 4.90 Å². The van der Waals surface area contributed by atoms with Crippen molar-refractivity contribution < 1.29 is 23.5 Å². The van der Waals surface area contributed by atoms with Crippen LogP contribution in [0.1, 0.15) is 20.7 Å². The molecule has 0 aliphatic rings. The Bertz CT molecular complexity index is 720. The van der Waals surface area contributed by atoms with Crippen molar-refractivity contribution in [1.29, 1.82) is 0 Å². The van der Waals surface area contributed by atoms with Gasteiger partial charge >= 0.3 is 0 Å². The summed E-state index contributed by atoms with van der Waals surface area (Å²) in [5.74, 6) is -1.73. The Morgan fingerprint density at radius 3 is 1.65 bits per heavy atom. The SMILES string of the molecule is COCCN(CCOC)c1ccc(C(=O)C(=O)c2ccc(F)cc2)cc1. The average molecular weight is 359 g/mol. The van der Waals surface area contributed by atoms with Crippen LogP contribution in [-0.4, -0.2) is 52.1 Å². The average Bonchev–Trinajstić information content (AvgIpc) is 2.68. The summed E-state index contributed by atoms with van der Waals surface area (Å²) in [6, 6.07) is 11.7. The summed E-state index contributed by atoms with van der Waals surface area (Å²) in [4.78, 5) is 26.7. The molecular formula is C20H22FNO4. The van der Waals surface area contributed by atoms with E-state index in [1.807, 2.05) is 0 Å². The Balaban J connectivity index is 2.12. The second-order valence-corrected chi connectivity index (χ2v) is 5.68. The van der Waals surface area contributed by atoms with E-state index >= 15 is 0 Å². The molecule has 0 aliphatic carbocycles. The number of methoxy groups -OCH3 is 2. The number of nitrogens with zero attached hydrogens (tertiary/aromatic N) is 1. The normalized spacial score (nSPS) is 10.6. The molecule has 0 saturated carbocycles. The van der Waals surface area contributed by atoms with Crippen LogP contribution in [0, 0.1) is 5.82 Å². The maximum Gasteiger partial charge on any atom is 0.233 e. The van der Waals surface area contributed by atoms with Crippen molar-refractivity contribution in [3.05, 3.63) is 65.5 Å². The first-order chi connectivity index (χ1) is 12.6. The van der Waals surface area contributed by atoms with E-state index in [-0.39, 0.29) is 5.56 Å². The van der Waals surface area contributed by atoms with Gasteiger partial charge in [0.05, 0.1) is 13.2 Å². The molecule has 0 bridgehead atoms. The number of Topliss-reactive ketones (excluding diaryl/α,β-unsaturated/α-hetero) is 2. The predicted octanol–water partition coefficient (Wildman–Crippen LogP) is 2.99. The van der Waals surface area contributed by atoms with E-state index in [1.165, 1.54) is 12.1 Å². The fraction of sp³-hybridized carbons (Fsp3) is 0.300. The smallest absolute Gasteiger partial charge is 0.233 e. The van der Waals surface area contributed by atoms with Crippen molar-refractivity contribution in [2.75, 3.05) is 45.4 Å². The second kappa shape index (κ2) is 9.79. The summed E-state index contributed by atoms with van der Waals surface area (Å²) in [7, 11) is 3.27. The maximum atomic E-state index is 13.0. The molecule has 5 nitrogen and oxygen atoms in total. The molecule has 0 aliphatic heterocycles. The Morgan fingerprint density at radius 2 is 1.23 bits per heavy atom. The number of anilines is 1. The highest BCUT2D eigenvalue weighted by Crippen LogP contribution is 2.17. The van der Waals surface area contributed by atoms with Crippen LogP contribution in [0.15, 0.2) is 48.5 Å². The third-order valence-electron chi connectivity index (χ3n) is 3.94. The summed E-state index contributed by atoms with van der Waals surface area (Å²) in [6.45, 7) is 2.49. The quantitative estimate of drug-likeness (QED) is 0.482. The second-order valence-electron chi connectivity index (χ2n) is 5.68. The number of carbonyl (C=O) groups excluding carboxylic acids is 2. The lowest BCUT2D eigenvalue weighted by molar-refractivity contribution is 0.0817. The van der Waals surface area contributed by atoms with Gasteiger partial charge in [0.15, 0.2) is 0 Å². The Kier molecular flexibility index (Phi) is 7.44. The minimum atomic E-state index is -0.659. The molecule has 2 rings (SSSR count). The van der Waals surface area contributed by atoms with Gasteiger partial charge in [0.2, 0.25) is 11.6 Å². The van der Waals surface area contributed by atoms with Crippen LogP contribution in [0.5, 0.6) is 0 Å². The monoisotopic (exact) mass is 359 g/mol. The third kappa shape index (κ3) is 5.21. The van der Waals surface area contributed by atoms with E-state index in [0.717, 1.165) is 17.8 Å². The van der Waals surface area contributed by atoms with Gasteiger partial charge in [-0.25, -0.2) is 4.39 Å². The molecule has 26 heavy (non-hydrogen) atoms. The minimum absolute atomic E-state index is 0.169. The Hall–Kier alpha value is -2.57. The van der Waals surface area contributed by atoms with Gasteiger partial charge in [-0.1, -0.05) is 0 Å². The standard InChI is InChI=1S/C20H22FNO4/c1-25-13-11-22(12-14-26-2)18-9-5-16(6-10-18)20(24)19(23)15-3-7-17(21)8-4-15/h3-10H,11-14H2,1-2H3. The van der Waals surface area contributed by atoms with Gasteiger partial charge in [0.25, 0.3) is 0 Å². The summed E-state index contributed by atoms with van der Waals surface area (Å²) in [5, 5.41) is 0. The molecule has 0 amide bonds. The molecule has 0 unspecified atom stereocenters. The van der Waals surface area contributed by atoms with Crippen LogP contribution in [0.25, 0.3) is 0 Å². The van der Waals surface area contributed by atoms with E-state index in [1.54, 1.807) is 38.5 Å². The molecule has 0 atom stereocenters. The van der Waals surface area contributed by atoms with Gasteiger partial charge < -0.3 is 14.4 Å². The fourth-order valence-corrected chi connectivity index (χ4v) is 2.46. The summed E-state index contributed by atoms with van der Waals surface area (Å²) >= 11 is 0. The van der Waals surface area contributed by atoms with Crippen molar-refractivity contribution in [3.8, 4) is 0 Å². The van der Waals surface area contributed by atoms with E-state index in [9.17, 15) is 14.0 Å². The largest absolute Gasteiger partial charge is 0.383 e. The van der Waals surface area contributed by atoms with Gasteiger partial charge in [0.1, 0.15) is 5.82 Å². The topological polar surface area (TPSA) is 55.8 Å². The zero-order valence-electron chi connectivity index (χ0n) is 14.9. The van der Waals surface area contributed by atoms with Crippen LogP contribution in [0.4, 0.5) is 10.1 Å². The van der Waals surface area contributed by atoms with Crippen LogP contribution >= 0.6 is 0 Å². The van der Waals surface area contributed by atoms with Crippen LogP contribution in [-0.2, 0) is 9.47 Å². The molecule has 0 aromatic heterocycles. The molecule has 0 saturated heterocycles. The third-order valence-corrected chi connectivity index (χ3v) is 3.94. The lowest BCUT2D eigenvalue weighted by atomic mass is 10.0. The number of ether oxygens (including phenoxy) is 2. The lowest BCUT2D eigenvalue weighted by Crippen LogP contribution is -2.30. The number of hydrogen-bond donors (Lipinski definition) is 0. The number of carbonyl (C=O) groups is 2. The zero-order valence-corrected chi connectivity index (χ0v) is 14.9. The number of hydrogen-bond acceptors (Lipinski definition) is 5. The molecule has 0 fully saturated rings. The molecule has 2 aromatic carbocycles. The Morgan fingerprint density at radius 1 is 0.808 bits per heavy atom. The highest BCUT2D eigenvalue weighted by atomic mass is 19.1. The summed E-state index contributed by atoms with van der Waals surface area (Å²) in [5.41, 5.74) is 1.37. The first-order valence-electron chi connectivity index (χ1n) is 8.24. The van der Waals surface area contributed by atoms with E-state index in [0.29, 0.717) is 31.9 Å². The molecule has 0 spiro atoms. The molecule has 0 heterocycles. The Labute approximate surface area is 152 Å². The first-order valence-corrected chi connectivity index (χ1v) is 8.24. The van der Waals surface area contributed by atoms with Gasteiger partial charge in [-0.15, -0.1) is 0 Å². The predicted molar refractivity (Wildman–Crippen MR) is 97.5 cm³/mol. The molecular weight excluding hydrogens is 337 g/mol. The van der Waals surface area contributed by atoms with Crippen molar-refractivity contribution >= 4 is 17.3 Å². The number of ketones is 2. The molecule has 138 valence electrons. The highest BCUT2D eigenvalue weighted by Gasteiger charge is 2.18. The zero-order chi connectivity index (χ0) is 18.9. The summed E-state index contributed by atoms with van der Waals surface area (Å²) in [6.07, 6.45) is 0. The van der Waals surface area contributed by atoms with Gasteiger partial charge in [0, 0.05) is 44.1 Å². The number of halogens is 1. The van der Waals surface area contributed by atoms with Crippen molar-refractivity contribution in [3.63, 3.8) is 0 Å². The molecule has 6 heteroatoms. The van der Waals surface area contributed by atoms with Crippen molar-refractivity contribution in [2.45, 2.75) is 0 Å². The highest BCUT2D eigenvalue weighted by molar-refractivity contribution is 6.49. The van der Waals surface area contributed by atoms with Crippen LogP contribution in [0.2, 0.25) is 0 Å². The molecule has 0 N–H and O–H groups in total. The fourth-order valence-electron chi connectivity index (χ4n) is 2.46.